The third-order valence-corrected chi connectivity index (χ3v) is 3.22. The molecule has 0 bridgehead atoms. The summed E-state index contributed by atoms with van der Waals surface area (Å²) in [6.07, 6.45) is 0. The molecule has 0 spiro atoms. The van der Waals surface area contributed by atoms with Crippen LogP contribution in [0.15, 0.2) is 48.5 Å². The number of para-hydroxylation sites is 1. The molecule has 0 fully saturated rings. The number of benzene rings is 3. The van der Waals surface area contributed by atoms with Crippen molar-refractivity contribution < 1.29 is 0 Å². The SMILES string of the molecule is [c]1[c]c2c3ccccc3[nH]c2c2ccccc12. The van der Waals surface area contributed by atoms with Gasteiger partial charge in [-0.15, -0.1) is 0 Å². The fraction of sp³-hybridized carbons (Fsp3) is 0. The van der Waals surface area contributed by atoms with Crippen LogP contribution < -0.4 is 0 Å². The summed E-state index contributed by atoms with van der Waals surface area (Å²) in [7, 11) is 0. The van der Waals surface area contributed by atoms with Crippen LogP contribution in [0.1, 0.15) is 0 Å². The van der Waals surface area contributed by atoms with Gasteiger partial charge in [-0.2, -0.15) is 0 Å². The zero-order valence-corrected chi connectivity index (χ0v) is 9.12. The van der Waals surface area contributed by atoms with Crippen LogP contribution in [0.5, 0.6) is 0 Å². The summed E-state index contributed by atoms with van der Waals surface area (Å²) in [5.41, 5.74) is 2.31. The van der Waals surface area contributed by atoms with E-state index < -0.39 is 0 Å². The lowest BCUT2D eigenvalue weighted by molar-refractivity contribution is 1.56. The van der Waals surface area contributed by atoms with Crippen molar-refractivity contribution in [3.05, 3.63) is 60.7 Å². The zero-order valence-electron chi connectivity index (χ0n) is 9.12. The highest BCUT2D eigenvalue weighted by Gasteiger charge is 2.06. The highest BCUT2D eigenvalue weighted by molar-refractivity contribution is 6.16. The molecule has 4 aromatic rings. The molecule has 1 N–H and O–H groups in total. The Bertz CT molecular complexity index is 840. The van der Waals surface area contributed by atoms with Crippen LogP contribution in [0, 0.1) is 12.1 Å². The van der Waals surface area contributed by atoms with Gasteiger partial charge in [-0.1, -0.05) is 42.5 Å². The molecule has 3 aromatic carbocycles. The molecule has 1 heteroatoms. The van der Waals surface area contributed by atoms with E-state index in [4.69, 9.17) is 0 Å². The van der Waals surface area contributed by atoms with Gasteiger partial charge in [-0.3, -0.25) is 0 Å². The van der Waals surface area contributed by atoms with Gasteiger partial charge >= 0.3 is 0 Å². The van der Waals surface area contributed by atoms with Crippen molar-refractivity contribution in [1.29, 1.82) is 0 Å². The predicted molar refractivity (Wildman–Crippen MR) is 71.0 cm³/mol. The van der Waals surface area contributed by atoms with Crippen LogP contribution in [0.3, 0.4) is 0 Å². The molecule has 0 aliphatic heterocycles. The van der Waals surface area contributed by atoms with Gasteiger partial charge < -0.3 is 4.98 Å². The van der Waals surface area contributed by atoms with Crippen molar-refractivity contribution in [3.63, 3.8) is 0 Å². The van der Waals surface area contributed by atoms with Crippen LogP contribution in [-0.2, 0) is 0 Å². The Hall–Kier alpha value is -2.28. The predicted octanol–water partition coefficient (Wildman–Crippen LogP) is 4.07. The summed E-state index contributed by atoms with van der Waals surface area (Å²) >= 11 is 0. The smallest absolute Gasteiger partial charge is 0.0551 e. The number of nitrogens with one attached hydrogen (secondary N) is 1. The first kappa shape index (κ1) is 8.82. The molecule has 0 unspecified atom stereocenters. The topological polar surface area (TPSA) is 15.8 Å². The fourth-order valence-corrected chi connectivity index (χ4v) is 2.41. The largest absolute Gasteiger partial charge is 0.354 e. The van der Waals surface area contributed by atoms with E-state index in [9.17, 15) is 0 Å². The van der Waals surface area contributed by atoms with Gasteiger partial charge in [0, 0.05) is 27.7 Å². The average Bonchev–Trinajstić information content (AvgIpc) is 2.78. The van der Waals surface area contributed by atoms with Crippen LogP contribution in [-0.4, -0.2) is 4.98 Å². The number of fused-ring (bicyclic) bond motifs is 5. The molecular formula is C16H9N. The second-order valence-electron chi connectivity index (χ2n) is 4.22. The molecule has 0 saturated carbocycles. The summed E-state index contributed by atoms with van der Waals surface area (Å²) in [5, 5.41) is 4.65. The summed E-state index contributed by atoms with van der Waals surface area (Å²) in [4.78, 5) is 3.47. The minimum atomic E-state index is 1.10. The van der Waals surface area contributed by atoms with Crippen molar-refractivity contribution in [1.82, 2.24) is 4.98 Å². The summed E-state index contributed by atoms with van der Waals surface area (Å²) < 4.78 is 0. The second kappa shape index (κ2) is 3.11. The molecule has 2 radical (unpaired) electrons. The van der Waals surface area contributed by atoms with E-state index in [1.807, 2.05) is 12.1 Å². The maximum atomic E-state index is 3.47. The van der Waals surface area contributed by atoms with E-state index in [0.717, 1.165) is 21.8 Å². The number of hydrogen-bond donors (Lipinski definition) is 1. The van der Waals surface area contributed by atoms with Crippen LogP contribution in [0.25, 0.3) is 32.6 Å². The molecule has 1 heterocycles. The number of aromatic nitrogens is 1. The van der Waals surface area contributed by atoms with Crippen molar-refractivity contribution in [2.45, 2.75) is 0 Å². The summed E-state index contributed by atoms with van der Waals surface area (Å²) in [6, 6.07) is 23.1. The van der Waals surface area contributed by atoms with Crippen molar-refractivity contribution in [3.8, 4) is 0 Å². The Morgan fingerprint density at radius 2 is 1.53 bits per heavy atom. The van der Waals surface area contributed by atoms with E-state index >= 15 is 0 Å². The van der Waals surface area contributed by atoms with Gasteiger partial charge in [-0.25, -0.2) is 0 Å². The standard InChI is InChI=1S/C16H9N/c1-2-6-12-11(5-1)9-10-14-13-7-3-4-8-15(13)17-16(12)14/h1-8,17H. The average molecular weight is 215 g/mol. The second-order valence-corrected chi connectivity index (χ2v) is 4.22. The Labute approximate surface area is 98.7 Å². The lowest BCUT2D eigenvalue weighted by Gasteiger charge is -1.97. The van der Waals surface area contributed by atoms with E-state index in [2.05, 4.69) is 53.5 Å². The molecule has 0 amide bonds. The van der Waals surface area contributed by atoms with E-state index in [1.54, 1.807) is 0 Å². The minimum Gasteiger partial charge on any atom is -0.354 e. The van der Waals surface area contributed by atoms with Gasteiger partial charge in [0.05, 0.1) is 5.52 Å². The summed E-state index contributed by atoms with van der Waals surface area (Å²) in [6.45, 7) is 0. The molecule has 17 heavy (non-hydrogen) atoms. The van der Waals surface area contributed by atoms with E-state index in [0.29, 0.717) is 0 Å². The third-order valence-electron chi connectivity index (χ3n) is 3.22. The highest BCUT2D eigenvalue weighted by Crippen LogP contribution is 2.29. The fourth-order valence-electron chi connectivity index (χ4n) is 2.41. The van der Waals surface area contributed by atoms with Crippen LogP contribution in [0.4, 0.5) is 0 Å². The molecular weight excluding hydrogens is 206 g/mol. The minimum absolute atomic E-state index is 1.10. The Kier molecular flexibility index (Phi) is 1.61. The summed E-state index contributed by atoms with van der Waals surface area (Å²) in [5.74, 6) is 0. The zero-order chi connectivity index (χ0) is 11.2. The van der Waals surface area contributed by atoms with E-state index in [-0.39, 0.29) is 0 Å². The molecule has 1 aromatic heterocycles. The Balaban J connectivity index is 2.34. The van der Waals surface area contributed by atoms with Crippen molar-refractivity contribution >= 4 is 32.6 Å². The van der Waals surface area contributed by atoms with Gasteiger partial charge in [0.15, 0.2) is 0 Å². The van der Waals surface area contributed by atoms with E-state index in [1.165, 1.54) is 10.8 Å². The highest BCUT2D eigenvalue weighted by atomic mass is 14.7. The molecule has 0 aliphatic rings. The van der Waals surface area contributed by atoms with Gasteiger partial charge in [0.25, 0.3) is 0 Å². The lowest BCUT2D eigenvalue weighted by Crippen LogP contribution is -1.75. The number of H-pyrrole nitrogens is 1. The normalized spacial score (nSPS) is 11.5. The Morgan fingerprint density at radius 3 is 2.47 bits per heavy atom. The van der Waals surface area contributed by atoms with Crippen molar-refractivity contribution in [2.75, 3.05) is 0 Å². The Morgan fingerprint density at radius 1 is 0.765 bits per heavy atom. The van der Waals surface area contributed by atoms with Gasteiger partial charge in [-0.05, 0) is 17.5 Å². The third kappa shape index (κ3) is 1.14. The quantitative estimate of drug-likeness (QED) is 0.455. The first-order valence-corrected chi connectivity index (χ1v) is 5.65. The molecule has 4 rings (SSSR count). The molecule has 0 aliphatic carbocycles. The first-order valence-electron chi connectivity index (χ1n) is 5.65. The number of hydrogen-bond acceptors (Lipinski definition) is 0. The van der Waals surface area contributed by atoms with Gasteiger partial charge in [0.2, 0.25) is 0 Å². The number of rotatable bonds is 0. The first-order chi connectivity index (χ1) is 8.43. The molecule has 1 nitrogen and oxygen atoms in total. The van der Waals surface area contributed by atoms with Crippen LogP contribution in [0.2, 0.25) is 0 Å². The monoisotopic (exact) mass is 215 g/mol. The van der Waals surface area contributed by atoms with Gasteiger partial charge in [0.1, 0.15) is 0 Å². The molecule has 78 valence electrons. The lowest BCUT2D eigenvalue weighted by atomic mass is 10.1. The van der Waals surface area contributed by atoms with Crippen LogP contribution >= 0.6 is 0 Å². The van der Waals surface area contributed by atoms with Crippen molar-refractivity contribution in [2.24, 2.45) is 0 Å². The molecule has 0 saturated heterocycles. The molecule has 0 atom stereocenters. The maximum absolute atomic E-state index is 3.47. The number of aromatic amines is 1. The maximum Gasteiger partial charge on any atom is 0.0551 e.